The van der Waals surface area contributed by atoms with Crippen LogP contribution in [-0.4, -0.2) is 33.7 Å². The van der Waals surface area contributed by atoms with Crippen molar-refractivity contribution in [3.8, 4) is 6.07 Å². The van der Waals surface area contributed by atoms with E-state index in [9.17, 15) is 4.79 Å². The number of rotatable bonds is 4. The first kappa shape index (κ1) is 12.2. The Balaban J connectivity index is 2.83. The fourth-order valence-corrected chi connectivity index (χ4v) is 1.56. The molecule has 0 atom stereocenters. The van der Waals surface area contributed by atoms with Gasteiger partial charge in [-0.1, -0.05) is 0 Å². The number of amides is 1. The van der Waals surface area contributed by atoms with E-state index in [-0.39, 0.29) is 5.91 Å². The van der Waals surface area contributed by atoms with Crippen LogP contribution in [0.25, 0.3) is 0 Å². The van der Waals surface area contributed by atoms with E-state index in [0.717, 1.165) is 5.69 Å². The summed E-state index contributed by atoms with van der Waals surface area (Å²) < 4.78 is 1.58. The normalized spacial score (nSPS) is 9.88. The third-order valence-electron chi connectivity index (χ3n) is 2.38. The Bertz CT molecular complexity index is 416. The maximum Gasteiger partial charge on any atom is 0.272 e. The van der Waals surface area contributed by atoms with Crippen LogP contribution in [0.3, 0.4) is 0 Å². The maximum absolute atomic E-state index is 12.1. The third kappa shape index (κ3) is 2.60. The van der Waals surface area contributed by atoms with Crippen LogP contribution in [0.1, 0.15) is 29.5 Å². The molecule has 0 spiro atoms. The molecule has 0 aliphatic carbocycles. The largest absolute Gasteiger partial charge is 0.337 e. The summed E-state index contributed by atoms with van der Waals surface area (Å²) in [6.07, 6.45) is 0.358. The fourth-order valence-electron chi connectivity index (χ4n) is 1.56. The van der Waals surface area contributed by atoms with Crippen LogP contribution in [0.5, 0.6) is 0 Å². The molecule has 0 bridgehead atoms. The highest BCUT2D eigenvalue weighted by Gasteiger charge is 2.17. The quantitative estimate of drug-likeness (QED) is 0.763. The zero-order valence-electron chi connectivity index (χ0n) is 9.90. The van der Waals surface area contributed by atoms with E-state index in [0.29, 0.717) is 25.2 Å². The predicted octanol–water partition coefficient (Wildman–Crippen LogP) is 1.10. The second-order valence-corrected chi connectivity index (χ2v) is 3.59. The summed E-state index contributed by atoms with van der Waals surface area (Å²) in [6.45, 7) is 4.82. The van der Waals surface area contributed by atoms with Gasteiger partial charge in [0.1, 0.15) is 5.69 Å². The lowest BCUT2D eigenvalue weighted by molar-refractivity contribution is 0.0757. The number of aromatic nitrogens is 2. The molecule has 1 amide bonds. The molecule has 1 heterocycles. The molecule has 0 aliphatic rings. The number of hydrogen-bond acceptors (Lipinski definition) is 3. The molecule has 5 heteroatoms. The second-order valence-electron chi connectivity index (χ2n) is 3.59. The SMILES string of the molecule is CCN(CCC#N)C(=O)c1cc(C)nn1C. The van der Waals surface area contributed by atoms with Crippen molar-refractivity contribution in [2.45, 2.75) is 20.3 Å². The minimum atomic E-state index is -0.0687. The first-order valence-electron chi connectivity index (χ1n) is 5.27. The molecular formula is C11H16N4O. The van der Waals surface area contributed by atoms with Crippen LogP contribution in [0, 0.1) is 18.3 Å². The van der Waals surface area contributed by atoms with Gasteiger partial charge in [-0.2, -0.15) is 10.4 Å². The van der Waals surface area contributed by atoms with Crippen LogP contribution in [-0.2, 0) is 7.05 Å². The highest BCUT2D eigenvalue weighted by Crippen LogP contribution is 2.06. The Morgan fingerprint density at radius 1 is 1.69 bits per heavy atom. The van der Waals surface area contributed by atoms with E-state index in [1.807, 2.05) is 19.9 Å². The molecule has 0 aromatic carbocycles. The highest BCUT2D eigenvalue weighted by atomic mass is 16.2. The lowest BCUT2D eigenvalue weighted by Gasteiger charge is -2.19. The molecule has 16 heavy (non-hydrogen) atoms. The molecule has 0 N–H and O–H groups in total. The minimum absolute atomic E-state index is 0.0687. The van der Waals surface area contributed by atoms with Crippen LogP contribution in [0.2, 0.25) is 0 Å². The van der Waals surface area contributed by atoms with Gasteiger partial charge in [0.15, 0.2) is 0 Å². The first-order valence-corrected chi connectivity index (χ1v) is 5.27. The molecule has 0 aliphatic heterocycles. The molecular weight excluding hydrogens is 204 g/mol. The van der Waals surface area contributed by atoms with Crippen molar-refractivity contribution in [2.24, 2.45) is 7.05 Å². The molecule has 0 radical (unpaired) electrons. The second kappa shape index (κ2) is 5.31. The van der Waals surface area contributed by atoms with Crippen molar-refractivity contribution in [3.63, 3.8) is 0 Å². The van der Waals surface area contributed by atoms with Gasteiger partial charge >= 0.3 is 0 Å². The number of hydrogen-bond donors (Lipinski definition) is 0. The van der Waals surface area contributed by atoms with Crippen molar-refractivity contribution in [2.75, 3.05) is 13.1 Å². The van der Waals surface area contributed by atoms with Gasteiger partial charge in [-0.3, -0.25) is 9.48 Å². The Hall–Kier alpha value is -1.83. The summed E-state index contributed by atoms with van der Waals surface area (Å²) in [5.74, 6) is -0.0687. The van der Waals surface area contributed by atoms with E-state index >= 15 is 0 Å². The number of nitrogens with zero attached hydrogens (tertiary/aromatic N) is 4. The lowest BCUT2D eigenvalue weighted by atomic mass is 10.3. The molecule has 5 nitrogen and oxygen atoms in total. The molecule has 1 aromatic heterocycles. The van der Waals surface area contributed by atoms with Gasteiger partial charge in [-0.15, -0.1) is 0 Å². The Kier molecular flexibility index (Phi) is 4.06. The molecule has 0 unspecified atom stereocenters. The van der Waals surface area contributed by atoms with Gasteiger partial charge in [0, 0.05) is 20.1 Å². The van der Waals surface area contributed by atoms with Crippen LogP contribution in [0.4, 0.5) is 0 Å². The smallest absolute Gasteiger partial charge is 0.272 e. The predicted molar refractivity (Wildman–Crippen MR) is 59.8 cm³/mol. The van der Waals surface area contributed by atoms with E-state index in [2.05, 4.69) is 5.10 Å². The molecule has 1 rings (SSSR count). The van der Waals surface area contributed by atoms with Crippen molar-refractivity contribution >= 4 is 5.91 Å². The van der Waals surface area contributed by atoms with E-state index in [1.54, 1.807) is 22.7 Å². The Morgan fingerprint density at radius 2 is 2.38 bits per heavy atom. The fraction of sp³-hybridized carbons (Fsp3) is 0.545. The van der Waals surface area contributed by atoms with E-state index in [1.165, 1.54) is 0 Å². The zero-order chi connectivity index (χ0) is 12.1. The van der Waals surface area contributed by atoms with Gasteiger partial charge in [-0.05, 0) is 19.9 Å². The average Bonchev–Trinajstić information content (AvgIpc) is 2.58. The van der Waals surface area contributed by atoms with Crippen LogP contribution < -0.4 is 0 Å². The average molecular weight is 220 g/mol. The first-order chi connectivity index (χ1) is 7.60. The van der Waals surface area contributed by atoms with Gasteiger partial charge in [0.05, 0.1) is 18.2 Å². The number of aryl methyl sites for hydroxylation is 2. The minimum Gasteiger partial charge on any atom is -0.337 e. The Morgan fingerprint density at radius 3 is 2.81 bits per heavy atom. The number of nitriles is 1. The monoisotopic (exact) mass is 220 g/mol. The molecule has 0 saturated heterocycles. The van der Waals surface area contributed by atoms with E-state index < -0.39 is 0 Å². The summed E-state index contributed by atoms with van der Waals surface area (Å²) in [6, 6.07) is 3.80. The third-order valence-corrected chi connectivity index (χ3v) is 2.38. The number of carbonyl (C=O) groups is 1. The molecule has 1 aromatic rings. The van der Waals surface area contributed by atoms with Crippen molar-refractivity contribution in [1.82, 2.24) is 14.7 Å². The molecule has 86 valence electrons. The summed E-state index contributed by atoms with van der Waals surface area (Å²) in [5.41, 5.74) is 1.39. The number of carbonyl (C=O) groups excluding carboxylic acids is 1. The standard InChI is InChI=1S/C11H16N4O/c1-4-15(7-5-6-12)11(16)10-8-9(2)13-14(10)3/h8H,4-5,7H2,1-3H3. The van der Waals surface area contributed by atoms with Crippen LogP contribution >= 0.6 is 0 Å². The van der Waals surface area contributed by atoms with Gasteiger partial charge in [-0.25, -0.2) is 0 Å². The highest BCUT2D eigenvalue weighted by molar-refractivity contribution is 5.92. The summed E-state index contributed by atoms with van der Waals surface area (Å²) in [5, 5.41) is 12.6. The van der Waals surface area contributed by atoms with E-state index in [4.69, 9.17) is 5.26 Å². The van der Waals surface area contributed by atoms with Gasteiger partial charge < -0.3 is 4.90 Å². The zero-order valence-corrected chi connectivity index (χ0v) is 9.90. The van der Waals surface area contributed by atoms with Crippen molar-refractivity contribution < 1.29 is 4.79 Å². The van der Waals surface area contributed by atoms with Crippen molar-refractivity contribution in [1.29, 1.82) is 5.26 Å². The summed E-state index contributed by atoms with van der Waals surface area (Å²) >= 11 is 0. The Labute approximate surface area is 95.3 Å². The van der Waals surface area contributed by atoms with Gasteiger partial charge in [0.25, 0.3) is 5.91 Å². The van der Waals surface area contributed by atoms with Crippen LogP contribution in [0.15, 0.2) is 6.07 Å². The summed E-state index contributed by atoms with van der Waals surface area (Å²) in [7, 11) is 1.75. The lowest BCUT2D eigenvalue weighted by Crippen LogP contribution is -2.33. The molecule has 0 saturated carbocycles. The van der Waals surface area contributed by atoms with Gasteiger partial charge in [0.2, 0.25) is 0 Å². The molecule has 0 fully saturated rings. The van der Waals surface area contributed by atoms with Crippen molar-refractivity contribution in [3.05, 3.63) is 17.5 Å². The topological polar surface area (TPSA) is 61.9 Å². The maximum atomic E-state index is 12.1. The summed E-state index contributed by atoms with van der Waals surface area (Å²) in [4.78, 5) is 13.7.